The number of nitrogens with zero attached hydrogens (tertiary/aromatic N) is 6. The fourth-order valence-corrected chi connectivity index (χ4v) is 3.03. The van der Waals surface area contributed by atoms with Gasteiger partial charge in [0.25, 0.3) is 0 Å². The van der Waals surface area contributed by atoms with E-state index in [9.17, 15) is 9.18 Å². The molecule has 9 heteroatoms. The first-order valence-electron chi connectivity index (χ1n) is 8.88. The van der Waals surface area contributed by atoms with Crippen LogP contribution in [0.5, 0.6) is 0 Å². The average molecular weight is 391 g/mol. The first kappa shape index (κ1) is 18.5. The summed E-state index contributed by atoms with van der Waals surface area (Å²) >= 11 is 0. The van der Waals surface area contributed by atoms with Crippen molar-refractivity contribution in [3.63, 3.8) is 0 Å². The Bertz CT molecular complexity index is 1260. The van der Waals surface area contributed by atoms with Gasteiger partial charge in [-0.2, -0.15) is 10.2 Å². The average Bonchev–Trinajstić information content (AvgIpc) is 3.10. The maximum Gasteiger partial charge on any atom is 0.334 e. The number of primary amides is 1. The normalized spacial score (nSPS) is 11.9. The molecule has 3 heterocycles. The number of carbonyl (C=O) groups excluding carboxylic acids is 1. The minimum absolute atomic E-state index is 0.311. The third kappa shape index (κ3) is 3.62. The maximum absolute atomic E-state index is 14.6. The van der Waals surface area contributed by atoms with Crippen LogP contribution in [0.3, 0.4) is 0 Å². The Labute approximate surface area is 165 Å². The molecule has 4 rings (SSSR count). The second-order valence-corrected chi connectivity index (χ2v) is 6.60. The van der Waals surface area contributed by atoms with E-state index in [1.807, 2.05) is 12.1 Å². The number of imidazole rings is 1. The summed E-state index contributed by atoms with van der Waals surface area (Å²) in [6.07, 6.45) is 3.61. The summed E-state index contributed by atoms with van der Waals surface area (Å²) in [6.45, 7) is 1.72. The molecule has 0 saturated carbocycles. The van der Waals surface area contributed by atoms with Gasteiger partial charge in [0.05, 0.1) is 23.1 Å². The number of halogens is 1. The number of rotatable bonds is 4. The third-order valence-electron chi connectivity index (χ3n) is 4.57. The SMILES string of the molecule is C/C(=N\N(C)C(N)=O)c1ccc2ncc(Cc3cc4cccnc4cc3F)n2n1. The molecule has 4 aromatic rings. The largest absolute Gasteiger partial charge is 0.350 e. The van der Waals surface area contributed by atoms with Gasteiger partial charge in [-0.15, -0.1) is 0 Å². The molecule has 29 heavy (non-hydrogen) atoms. The van der Waals surface area contributed by atoms with Crippen LogP contribution in [0.25, 0.3) is 16.6 Å². The smallest absolute Gasteiger partial charge is 0.334 e. The quantitative estimate of drug-likeness (QED) is 0.427. The van der Waals surface area contributed by atoms with Crippen molar-refractivity contribution in [3.05, 3.63) is 71.6 Å². The van der Waals surface area contributed by atoms with Crippen molar-refractivity contribution in [2.75, 3.05) is 7.05 Å². The third-order valence-corrected chi connectivity index (χ3v) is 4.57. The van der Waals surface area contributed by atoms with Crippen LogP contribution in [0.1, 0.15) is 23.9 Å². The van der Waals surface area contributed by atoms with Crippen LogP contribution in [-0.4, -0.2) is 43.4 Å². The lowest BCUT2D eigenvalue weighted by molar-refractivity contribution is 0.220. The molecule has 146 valence electrons. The predicted molar refractivity (Wildman–Crippen MR) is 107 cm³/mol. The highest BCUT2D eigenvalue weighted by Gasteiger charge is 2.12. The number of hydrogen-bond donors (Lipinski definition) is 1. The van der Waals surface area contributed by atoms with Gasteiger partial charge < -0.3 is 5.73 Å². The molecular weight excluding hydrogens is 373 g/mol. The molecule has 0 atom stereocenters. The monoisotopic (exact) mass is 391 g/mol. The Morgan fingerprint density at radius 3 is 2.90 bits per heavy atom. The van der Waals surface area contributed by atoms with Crippen molar-refractivity contribution in [2.24, 2.45) is 10.8 Å². The topological polar surface area (TPSA) is 102 Å². The standard InChI is InChI=1S/C20H18FN7O/c1-12(25-27(2)20(22)29)17-5-6-19-24-11-15(28(19)26-17)9-14-8-13-4-3-7-23-18(13)10-16(14)21/h3-8,10-11H,9H2,1-2H3,(H2,22,29)/b25-12+. The van der Waals surface area contributed by atoms with Crippen LogP contribution in [0.4, 0.5) is 9.18 Å². The minimum atomic E-state index is -0.671. The lowest BCUT2D eigenvalue weighted by Gasteiger charge is -2.09. The molecule has 1 aromatic carbocycles. The fourth-order valence-electron chi connectivity index (χ4n) is 3.03. The van der Waals surface area contributed by atoms with Crippen molar-refractivity contribution < 1.29 is 9.18 Å². The van der Waals surface area contributed by atoms with E-state index in [-0.39, 0.29) is 5.82 Å². The number of fused-ring (bicyclic) bond motifs is 2. The number of benzene rings is 1. The fraction of sp³-hybridized carbons (Fsp3) is 0.150. The summed E-state index contributed by atoms with van der Waals surface area (Å²) in [6, 6.07) is 9.80. The second-order valence-electron chi connectivity index (χ2n) is 6.60. The lowest BCUT2D eigenvalue weighted by Crippen LogP contribution is -2.28. The van der Waals surface area contributed by atoms with Crippen molar-refractivity contribution in [1.82, 2.24) is 24.6 Å². The van der Waals surface area contributed by atoms with E-state index in [0.717, 1.165) is 16.1 Å². The van der Waals surface area contributed by atoms with Gasteiger partial charge in [-0.25, -0.2) is 23.7 Å². The van der Waals surface area contributed by atoms with E-state index >= 15 is 0 Å². The van der Waals surface area contributed by atoms with Gasteiger partial charge in [0.2, 0.25) is 0 Å². The van der Waals surface area contributed by atoms with Crippen LogP contribution in [-0.2, 0) is 6.42 Å². The number of carbonyl (C=O) groups is 1. The highest BCUT2D eigenvalue weighted by Crippen LogP contribution is 2.20. The first-order chi connectivity index (χ1) is 13.9. The molecule has 0 spiro atoms. The molecule has 3 aromatic heterocycles. The zero-order chi connectivity index (χ0) is 20.5. The molecule has 0 radical (unpaired) electrons. The molecule has 0 aliphatic carbocycles. The Kier molecular flexibility index (Phi) is 4.63. The van der Waals surface area contributed by atoms with Crippen LogP contribution >= 0.6 is 0 Å². The zero-order valence-electron chi connectivity index (χ0n) is 15.9. The number of hydrazone groups is 1. The summed E-state index contributed by atoms with van der Waals surface area (Å²) in [5.41, 5.74) is 8.75. The number of urea groups is 1. The van der Waals surface area contributed by atoms with Crippen molar-refractivity contribution >= 4 is 28.3 Å². The maximum atomic E-state index is 14.6. The Balaban J connectivity index is 1.72. The van der Waals surface area contributed by atoms with E-state index in [1.165, 1.54) is 13.1 Å². The van der Waals surface area contributed by atoms with Gasteiger partial charge in [0.1, 0.15) is 11.5 Å². The summed E-state index contributed by atoms with van der Waals surface area (Å²) in [5.74, 6) is -0.330. The minimum Gasteiger partial charge on any atom is -0.350 e. The van der Waals surface area contributed by atoms with E-state index < -0.39 is 6.03 Å². The first-order valence-corrected chi connectivity index (χ1v) is 8.88. The molecule has 2 N–H and O–H groups in total. The van der Waals surface area contributed by atoms with E-state index in [1.54, 1.807) is 42.0 Å². The lowest BCUT2D eigenvalue weighted by atomic mass is 10.1. The Morgan fingerprint density at radius 2 is 2.10 bits per heavy atom. The number of aromatic nitrogens is 4. The van der Waals surface area contributed by atoms with Crippen molar-refractivity contribution in [1.29, 1.82) is 0 Å². The highest BCUT2D eigenvalue weighted by atomic mass is 19.1. The molecular formula is C20H18FN7O. The van der Waals surface area contributed by atoms with Crippen LogP contribution in [0.2, 0.25) is 0 Å². The number of pyridine rings is 1. The second kappa shape index (κ2) is 7.27. The van der Waals surface area contributed by atoms with Crippen LogP contribution in [0, 0.1) is 5.82 Å². The highest BCUT2D eigenvalue weighted by molar-refractivity contribution is 5.97. The van der Waals surface area contributed by atoms with Crippen molar-refractivity contribution in [3.8, 4) is 0 Å². The van der Waals surface area contributed by atoms with Crippen LogP contribution < -0.4 is 5.73 Å². The molecule has 0 bridgehead atoms. The molecule has 0 aliphatic heterocycles. The Hall–Kier alpha value is -3.88. The van der Waals surface area contributed by atoms with Gasteiger partial charge in [0, 0.05) is 31.1 Å². The van der Waals surface area contributed by atoms with Gasteiger partial charge in [-0.1, -0.05) is 6.07 Å². The molecule has 0 fully saturated rings. The number of nitrogens with two attached hydrogens (primary N) is 1. The van der Waals surface area contributed by atoms with E-state index in [2.05, 4.69) is 20.2 Å². The van der Waals surface area contributed by atoms with Gasteiger partial charge in [-0.05, 0) is 36.8 Å². The van der Waals surface area contributed by atoms with E-state index in [0.29, 0.717) is 34.6 Å². The summed E-state index contributed by atoms with van der Waals surface area (Å²) in [4.78, 5) is 19.7. The Morgan fingerprint density at radius 1 is 1.28 bits per heavy atom. The van der Waals surface area contributed by atoms with Crippen molar-refractivity contribution in [2.45, 2.75) is 13.3 Å². The molecule has 0 saturated heterocycles. The van der Waals surface area contributed by atoms with Crippen LogP contribution in [0.15, 0.2) is 53.9 Å². The summed E-state index contributed by atoms with van der Waals surface area (Å²) in [7, 11) is 1.46. The predicted octanol–water partition coefficient (Wildman–Crippen LogP) is 2.74. The van der Waals surface area contributed by atoms with Gasteiger partial charge in [-0.3, -0.25) is 4.98 Å². The summed E-state index contributed by atoms with van der Waals surface area (Å²) < 4.78 is 16.2. The molecule has 0 aliphatic rings. The molecule has 8 nitrogen and oxygen atoms in total. The van der Waals surface area contributed by atoms with E-state index in [4.69, 9.17) is 5.73 Å². The number of amides is 2. The molecule has 0 unspecified atom stereocenters. The van der Waals surface area contributed by atoms with Gasteiger partial charge in [0.15, 0.2) is 5.65 Å². The molecule has 2 amide bonds. The zero-order valence-corrected chi connectivity index (χ0v) is 15.9. The van der Waals surface area contributed by atoms with Gasteiger partial charge >= 0.3 is 6.03 Å². The number of hydrogen-bond acceptors (Lipinski definition) is 5. The summed E-state index contributed by atoms with van der Waals surface area (Å²) in [5, 5.41) is 10.6.